The van der Waals surface area contributed by atoms with Gasteiger partial charge in [0.05, 0.1) is 22.8 Å². The second-order valence-corrected chi connectivity index (χ2v) is 8.15. The zero-order valence-corrected chi connectivity index (χ0v) is 16.5. The van der Waals surface area contributed by atoms with Gasteiger partial charge in [-0.25, -0.2) is 4.98 Å². The van der Waals surface area contributed by atoms with Crippen LogP contribution in [0.4, 0.5) is 0 Å². The molecule has 1 unspecified atom stereocenters. The van der Waals surface area contributed by atoms with E-state index in [2.05, 4.69) is 22.4 Å². The van der Waals surface area contributed by atoms with Gasteiger partial charge in [-0.05, 0) is 42.3 Å². The van der Waals surface area contributed by atoms with Crippen molar-refractivity contribution in [3.63, 3.8) is 0 Å². The molecule has 0 bridgehead atoms. The SMILES string of the molecule is O=C(NC1CCSc2ccccc21)c1cc(-c2ccncc2)nc2ccccc12. The van der Waals surface area contributed by atoms with E-state index in [0.717, 1.165) is 34.3 Å². The fourth-order valence-corrected chi connectivity index (χ4v) is 4.89. The molecule has 1 amide bonds. The van der Waals surface area contributed by atoms with Gasteiger partial charge < -0.3 is 5.32 Å². The summed E-state index contributed by atoms with van der Waals surface area (Å²) in [5, 5.41) is 4.13. The van der Waals surface area contributed by atoms with Gasteiger partial charge in [0, 0.05) is 34.0 Å². The van der Waals surface area contributed by atoms with Gasteiger partial charge in [-0.1, -0.05) is 36.4 Å². The van der Waals surface area contributed by atoms with Crippen LogP contribution in [-0.2, 0) is 0 Å². The van der Waals surface area contributed by atoms with Crippen LogP contribution in [0.5, 0.6) is 0 Å². The van der Waals surface area contributed by atoms with E-state index in [1.54, 1.807) is 12.4 Å². The van der Waals surface area contributed by atoms with Crippen LogP contribution in [0.2, 0.25) is 0 Å². The maximum Gasteiger partial charge on any atom is 0.252 e. The molecule has 2 aromatic carbocycles. The average molecular weight is 398 g/mol. The summed E-state index contributed by atoms with van der Waals surface area (Å²) >= 11 is 1.85. The highest BCUT2D eigenvalue weighted by molar-refractivity contribution is 7.99. The molecule has 5 heteroatoms. The highest BCUT2D eigenvalue weighted by atomic mass is 32.2. The van der Waals surface area contributed by atoms with Crippen molar-refractivity contribution in [2.75, 3.05) is 5.75 Å². The lowest BCUT2D eigenvalue weighted by molar-refractivity contribution is 0.0936. The first-order valence-electron chi connectivity index (χ1n) is 9.62. The molecule has 29 heavy (non-hydrogen) atoms. The maximum atomic E-state index is 13.4. The van der Waals surface area contributed by atoms with Crippen LogP contribution in [0.1, 0.15) is 28.4 Å². The van der Waals surface area contributed by atoms with E-state index < -0.39 is 0 Å². The van der Waals surface area contributed by atoms with E-state index in [9.17, 15) is 4.79 Å². The molecule has 0 saturated carbocycles. The lowest BCUT2D eigenvalue weighted by Gasteiger charge is -2.26. The quantitative estimate of drug-likeness (QED) is 0.512. The molecule has 142 valence electrons. The summed E-state index contributed by atoms with van der Waals surface area (Å²) in [5.74, 6) is 0.937. The maximum absolute atomic E-state index is 13.4. The van der Waals surface area contributed by atoms with Crippen LogP contribution in [0.3, 0.4) is 0 Å². The number of hydrogen-bond donors (Lipinski definition) is 1. The van der Waals surface area contributed by atoms with Gasteiger partial charge in [-0.15, -0.1) is 11.8 Å². The van der Waals surface area contributed by atoms with Crippen LogP contribution >= 0.6 is 11.8 Å². The number of fused-ring (bicyclic) bond motifs is 2. The second kappa shape index (κ2) is 7.68. The smallest absolute Gasteiger partial charge is 0.252 e. The Morgan fingerprint density at radius 3 is 2.69 bits per heavy atom. The molecule has 0 fully saturated rings. The van der Waals surface area contributed by atoms with Crippen LogP contribution in [0.15, 0.2) is 84.0 Å². The third-order valence-corrected chi connectivity index (χ3v) is 6.32. The predicted molar refractivity (Wildman–Crippen MR) is 117 cm³/mol. The number of pyridine rings is 2. The molecule has 1 atom stereocenters. The number of hydrogen-bond acceptors (Lipinski definition) is 4. The molecule has 0 aliphatic carbocycles. The minimum atomic E-state index is -0.0643. The van der Waals surface area contributed by atoms with Gasteiger partial charge in [-0.2, -0.15) is 0 Å². The Balaban J connectivity index is 1.55. The van der Waals surface area contributed by atoms with Crippen LogP contribution in [-0.4, -0.2) is 21.6 Å². The van der Waals surface area contributed by atoms with E-state index in [4.69, 9.17) is 4.98 Å². The molecule has 5 rings (SSSR count). The van der Waals surface area contributed by atoms with E-state index >= 15 is 0 Å². The third-order valence-electron chi connectivity index (χ3n) is 5.20. The van der Waals surface area contributed by atoms with Crippen LogP contribution < -0.4 is 5.32 Å². The Morgan fingerprint density at radius 2 is 1.79 bits per heavy atom. The van der Waals surface area contributed by atoms with Gasteiger partial charge in [0.15, 0.2) is 0 Å². The number of para-hydroxylation sites is 1. The monoisotopic (exact) mass is 397 g/mol. The summed E-state index contributed by atoms with van der Waals surface area (Å²) in [6.07, 6.45) is 4.40. The fourth-order valence-electron chi connectivity index (χ4n) is 3.76. The molecule has 4 nitrogen and oxygen atoms in total. The number of nitrogens with zero attached hydrogens (tertiary/aromatic N) is 2. The van der Waals surface area contributed by atoms with Crippen molar-refractivity contribution in [3.05, 3.63) is 90.3 Å². The minimum Gasteiger partial charge on any atom is -0.345 e. The summed E-state index contributed by atoms with van der Waals surface area (Å²) in [5.41, 5.74) is 4.38. The normalized spacial score (nSPS) is 15.7. The van der Waals surface area contributed by atoms with Crippen molar-refractivity contribution in [1.82, 2.24) is 15.3 Å². The van der Waals surface area contributed by atoms with E-state index in [1.807, 2.05) is 66.4 Å². The lowest BCUT2D eigenvalue weighted by atomic mass is 10.0. The first-order valence-corrected chi connectivity index (χ1v) is 10.6. The molecule has 4 aromatic rings. The van der Waals surface area contributed by atoms with Gasteiger partial charge in [-0.3, -0.25) is 9.78 Å². The highest BCUT2D eigenvalue weighted by Gasteiger charge is 2.23. The lowest BCUT2D eigenvalue weighted by Crippen LogP contribution is -2.30. The van der Waals surface area contributed by atoms with E-state index in [-0.39, 0.29) is 11.9 Å². The molecular weight excluding hydrogens is 378 g/mol. The van der Waals surface area contributed by atoms with E-state index in [0.29, 0.717) is 5.56 Å². The zero-order valence-electron chi connectivity index (χ0n) is 15.7. The number of benzene rings is 2. The highest BCUT2D eigenvalue weighted by Crippen LogP contribution is 2.36. The summed E-state index contributed by atoms with van der Waals surface area (Å²) in [7, 11) is 0. The van der Waals surface area contributed by atoms with Crippen molar-refractivity contribution >= 4 is 28.6 Å². The molecule has 1 aliphatic heterocycles. The second-order valence-electron chi connectivity index (χ2n) is 7.01. The number of amides is 1. The van der Waals surface area contributed by atoms with Gasteiger partial charge in [0.2, 0.25) is 0 Å². The number of aromatic nitrogens is 2. The van der Waals surface area contributed by atoms with Crippen molar-refractivity contribution in [2.24, 2.45) is 0 Å². The van der Waals surface area contributed by atoms with Crippen LogP contribution in [0, 0.1) is 0 Å². The van der Waals surface area contributed by atoms with Gasteiger partial charge >= 0.3 is 0 Å². The first kappa shape index (κ1) is 17.9. The Kier molecular flexibility index (Phi) is 4.74. The summed E-state index contributed by atoms with van der Waals surface area (Å²) in [6.45, 7) is 0. The number of carbonyl (C=O) groups is 1. The Morgan fingerprint density at radius 1 is 1.00 bits per heavy atom. The van der Waals surface area contributed by atoms with Crippen LogP contribution in [0.25, 0.3) is 22.2 Å². The van der Waals surface area contributed by atoms with Crippen molar-refractivity contribution in [3.8, 4) is 11.3 Å². The first-order chi connectivity index (χ1) is 14.3. The average Bonchev–Trinajstić information content (AvgIpc) is 2.79. The third kappa shape index (κ3) is 3.49. The number of thioether (sulfide) groups is 1. The molecule has 2 aromatic heterocycles. The zero-order chi connectivity index (χ0) is 19.6. The molecule has 3 heterocycles. The fraction of sp³-hybridized carbons (Fsp3) is 0.125. The van der Waals surface area contributed by atoms with Crippen molar-refractivity contribution in [1.29, 1.82) is 0 Å². The summed E-state index contributed by atoms with van der Waals surface area (Å²) in [6, 6.07) is 21.8. The Labute approximate surface area is 173 Å². The molecule has 0 spiro atoms. The number of carbonyl (C=O) groups excluding carboxylic acids is 1. The topological polar surface area (TPSA) is 54.9 Å². The van der Waals surface area contributed by atoms with Gasteiger partial charge in [0.1, 0.15) is 0 Å². The Hall–Kier alpha value is -3.18. The molecule has 0 radical (unpaired) electrons. The van der Waals surface area contributed by atoms with Crippen molar-refractivity contribution in [2.45, 2.75) is 17.4 Å². The van der Waals surface area contributed by atoms with Gasteiger partial charge in [0.25, 0.3) is 5.91 Å². The molecular formula is C24H19N3OS. The summed E-state index contributed by atoms with van der Waals surface area (Å²) < 4.78 is 0. The molecule has 1 N–H and O–H groups in total. The number of nitrogens with one attached hydrogen (secondary N) is 1. The molecule has 0 saturated heterocycles. The minimum absolute atomic E-state index is 0.0243. The predicted octanol–water partition coefficient (Wildman–Crippen LogP) is 5.26. The standard InChI is InChI=1S/C24H19N3OS/c28-24(27-21-11-14-29-23-8-4-2-6-18(21)23)19-15-22(16-9-12-25-13-10-16)26-20-7-3-1-5-17(19)20/h1-10,12-13,15,21H,11,14H2,(H,27,28). The van der Waals surface area contributed by atoms with Crippen molar-refractivity contribution < 1.29 is 4.79 Å². The number of rotatable bonds is 3. The largest absolute Gasteiger partial charge is 0.345 e. The molecule has 1 aliphatic rings. The summed E-state index contributed by atoms with van der Waals surface area (Å²) in [4.78, 5) is 23.5. The van der Waals surface area contributed by atoms with E-state index in [1.165, 1.54) is 10.5 Å². The Bertz CT molecular complexity index is 1190.